The van der Waals surface area contributed by atoms with Crippen LogP contribution in [0.4, 0.5) is 0 Å². The van der Waals surface area contributed by atoms with Crippen molar-refractivity contribution in [3.05, 3.63) is 322 Å². The Kier molecular flexibility index (Phi) is 10.0. The Bertz CT molecular complexity index is 3980. The molecular formula is C80H58Si2. The minimum atomic E-state index is -3.57. The molecule has 82 heavy (non-hydrogen) atoms. The standard InChI is InChI=1S/C80H58Si2/c1-50(81(75-38-14-32-63-57-26-8-2-20-51(57)44-69(63)75,76-39-15-33-64-58-27-9-3-21-52(58)45-70(64)76)77-40-16-34-65-59-28-10-4-22-53(59)46-71(65)77)82(78-41-17-35-66-60-29-11-5-23-54(60)47-72(66)78,79-42-18-36-67-61-30-12-6-24-55(61)48-73(67)79)80-43-19-37-68-62-31-13-7-25-56(62)49-74(68)80/h2-43,50H,44-49H2,1H3. The van der Waals surface area contributed by atoms with Crippen LogP contribution in [0.25, 0.3) is 66.8 Å². The third-order valence-corrected chi connectivity index (χ3v) is 34.1. The molecule has 0 spiro atoms. The summed E-state index contributed by atoms with van der Waals surface area (Å²) in [6.45, 7) is 2.88. The van der Waals surface area contributed by atoms with Gasteiger partial charge in [0.15, 0.2) is 16.1 Å². The summed E-state index contributed by atoms with van der Waals surface area (Å²) in [5.41, 5.74) is 34.7. The highest BCUT2D eigenvalue weighted by Crippen LogP contribution is 2.49. The van der Waals surface area contributed by atoms with Gasteiger partial charge in [0.25, 0.3) is 0 Å². The smallest absolute Gasteiger partial charge is 0.0654 e. The quantitative estimate of drug-likeness (QED) is 0.105. The maximum Gasteiger partial charge on any atom is 0.150 e. The molecule has 0 amide bonds. The highest BCUT2D eigenvalue weighted by molar-refractivity contribution is 7.28. The average Bonchev–Trinajstić information content (AvgIpc) is 1.73. The maximum absolute atomic E-state index is 3.57. The lowest BCUT2D eigenvalue weighted by atomic mass is 10.1. The number of benzene rings is 12. The lowest BCUT2D eigenvalue weighted by Crippen LogP contribution is -2.83. The second-order valence-corrected chi connectivity index (χ2v) is 33.1. The SMILES string of the molecule is CC([Si](c1cccc2c1Cc1ccccc1-2)(c1cccc2c1Cc1ccccc1-2)c1cccc2c1Cc1ccccc1-2)[Si](c1cccc2c1Cc1ccccc1-2)(c1cccc2c1Cc1ccccc1-2)c1cccc2c1Cc1ccccc1-2. The van der Waals surface area contributed by atoms with Gasteiger partial charge in [-0.3, -0.25) is 0 Å². The van der Waals surface area contributed by atoms with Crippen LogP contribution in [-0.4, -0.2) is 16.1 Å². The molecule has 6 aliphatic rings. The first-order valence-electron chi connectivity index (χ1n) is 29.8. The molecule has 0 aliphatic heterocycles. The van der Waals surface area contributed by atoms with Crippen molar-refractivity contribution in [2.24, 2.45) is 0 Å². The summed E-state index contributed by atoms with van der Waals surface area (Å²) < 4.78 is 0. The van der Waals surface area contributed by atoms with Crippen molar-refractivity contribution < 1.29 is 0 Å². The Morgan fingerprint density at radius 2 is 0.354 bits per heavy atom. The lowest BCUT2D eigenvalue weighted by Gasteiger charge is -2.52. The van der Waals surface area contributed by atoms with Crippen molar-refractivity contribution >= 4 is 47.3 Å². The zero-order valence-electron chi connectivity index (χ0n) is 46.1. The molecule has 0 saturated heterocycles. The first-order valence-corrected chi connectivity index (χ1v) is 34.0. The van der Waals surface area contributed by atoms with Gasteiger partial charge in [0.05, 0.1) is 0 Å². The van der Waals surface area contributed by atoms with Crippen LogP contribution < -0.4 is 31.1 Å². The topological polar surface area (TPSA) is 0 Å². The lowest BCUT2D eigenvalue weighted by molar-refractivity contribution is 1.18. The molecule has 0 fully saturated rings. The molecule has 0 nitrogen and oxygen atoms in total. The maximum atomic E-state index is 2.88. The van der Waals surface area contributed by atoms with E-state index in [0.717, 1.165) is 38.5 Å². The van der Waals surface area contributed by atoms with Gasteiger partial charge >= 0.3 is 0 Å². The molecule has 0 saturated carbocycles. The third kappa shape index (κ3) is 6.21. The van der Waals surface area contributed by atoms with Crippen LogP contribution in [0.2, 0.25) is 5.16 Å². The molecule has 0 bridgehead atoms. The zero-order valence-corrected chi connectivity index (χ0v) is 48.1. The molecule has 0 unspecified atom stereocenters. The molecule has 12 aromatic rings. The van der Waals surface area contributed by atoms with Crippen LogP contribution in [-0.2, 0) is 38.5 Å². The summed E-state index contributed by atoms with van der Waals surface area (Å²) in [7, 11) is -7.15. The van der Waals surface area contributed by atoms with Crippen LogP contribution >= 0.6 is 0 Å². The molecular weight excluding hydrogens is 1020 g/mol. The molecule has 6 aliphatic carbocycles. The van der Waals surface area contributed by atoms with Crippen LogP contribution in [0.1, 0.15) is 73.7 Å². The highest BCUT2D eigenvalue weighted by Gasteiger charge is 2.62. The summed E-state index contributed by atoms with van der Waals surface area (Å²) in [6.07, 6.45) is 5.53. The van der Waals surface area contributed by atoms with Crippen molar-refractivity contribution in [3.63, 3.8) is 0 Å². The van der Waals surface area contributed by atoms with E-state index in [0.29, 0.717) is 0 Å². The van der Waals surface area contributed by atoms with E-state index in [4.69, 9.17) is 0 Å². The third-order valence-electron chi connectivity index (χ3n) is 21.0. The zero-order chi connectivity index (χ0) is 53.8. The van der Waals surface area contributed by atoms with E-state index in [-0.39, 0.29) is 5.16 Å². The van der Waals surface area contributed by atoms with E-state index in [1.54, 1.807) is 31.1 Å². The molecule has 18 rings (SSSR count). The van der Waals surface area contributed by atoms with Gasteiger partial charge in [0, 0.05) is 0 Å². The van der Waals surface area contributed by atoms with Crippen LogP contribution in [0.15, 0.2) is 255 Å². The fourth-order valence-electron chi connectivity index (χ4n) is 17.8. The fourth-order valence-corrected chi connectivity index (χ4v) is 34.0. The summed E-state index contributed by atoms with van der Waals surface area (Å²) in [5, 5.41) is 9.69. The highest BCUT2D eigenvalue weighted by atomic mass is 28.4. The largest absolute Gasteiger partial charge is 0.150 e. The summed E-state index contributed by atoms with van der Waals surface area (Å²) in [4.78, 5) is 0. The average molecular weight is 1080 g/mol. The summed E-state index contributed by atoms with van der Waals surface area (Å²) in [5.74, 6) is 0. The first-order chi connectivity index (χ1) is 40.6. The van der Waals surface area contributed by atoms with Gasteiger partial charge < -0.3 is 0 Å². The number of rotatable bonds is 8. The van der Waals surface area contributed by atoms with E-state index >= 15 is 0 Å². The number of hydrogen-bond donors (Lipinski definition) is 0. The number of hydrogen-bond acceptors (Lipinski definition) is 0. The van der Waals surface area contributed by atoms with Gasteiger partial charge in [-0.05, 0) is 208 Å². The summed E-state index contributed by atoms with van der Waals surface area (Å²) in [6, 6.07) is 102. The fraction of sp³-hybridized carbons (Fsp3) is 0.100. The van der Waals surface area contributed by atoms with Crippen LogP contribution in [0.3, 0.4) is 0 Å². The van der Waals surface area contributed by atoms with Gasteiger partial charge in [-0.2, -0.15) is 0 Å². The summed E-state index contributed by atoms with van der Waals surface area (Å²) >= 11 is 0. The molecule has 0 N–H and O–H groups in total. The van der Waals surface area contributed by atoms with Crippen LogP contribution in [0, 0.1) is 0 Å². The Morgan fingerprint density at radius 3 is 0.537 bits per heavy atom. The van der Waals surface area contributed by atoms with Crippen molar-refractivity contribution in [3.8, 4) is 66.8 Å². The predicted molar refractivity (Wildman–Crippen MR) is 347 cm³/mol. The Balaban J connectivity index is 1.07. The molecule has 2 heteroatoms. The Labute approximate surface area is 483 Å². The van der Waals surface area contributed by atoms with Crippen molar-refractivity contribution in [1.29, 1.82) is 0 Å². The molecule has 0 heterocycles. The Morgan fingerprint density at radius 1 is 0.195 bits per heavy atom. The van der Waals surface area contributed by atoms with E-state index in [9.17, 15) is 0 Å². The molecule has 0 radical (unpaired) electrons. The minimum absolute atomic E-state index is 0.0984. The molecule has 12 aromatic carbocycles. The van der Waals surface area contributed by atoms with Gasteiger partial charge in [0.2, 0.25) is 0 Å². The second kappa shape index (κ2) is 17.5. The molecule has 0 aromatic heterocycles. The van der Waals surface area contributed by atoms with Crippen molar-refractivity contribution in [2.45, 2.75) is 50.6 Å². The van der Waals surface area contributed by atoms with E-state index in [1.165, 1.54) is 134 Å². The predicted octanol–water partition coefficient (Wildman–Crippen LogP) is 14.7. The molecule has 386 valence electrons. The normalized spacial score (nSPS) is 14.0. The monoisotopic (exact) mass is 1070 g/mol. The van der Waals surface area contributed by atoms with Gasteiger partial charge in [0.1, 0.15) is 0 Å². The van der Waals surface area contributed by atoms with E-state index in [1.807, 2.05) is 0 Å². The van der Waals surface area contributed by atoms with E-state index in [2.05, 4.69) is 262 Å². The molecule has 0 atom stereocenters. The van der Waals surface area contributed by atoms with E-state index < -0.39 is 16.1 Å². The number of fused-ring (bicyclic) bond motifs is 18. The van der Waals surface area contributed by atoms with Crippen molar-refractivity contribution in [1.82, 2.24) is 0 Å². The van der Waals surface area contributed by atoms with Gasteiger partial charge in [-0.1, -0.05) is 262 Å². The second-order valence-electron chi connectivity index (χ2n) is 24.3. The van der Waals surface area contributed by atoms with Gasteiger partial charge in [-0.25, -0.2) is 0 Å². The first kappa shape index (κ1) is 46.8. The Hall–Kier alpha value is -8.93. The van der Waals surface area contributed by atoms with Crippen molar-refractivity contribution in [2.75, 3.05) is 0 Å². The minimum Gasteiger partial charge on any atom is -0.0654 e. The van der Waals surface area contributed by atoms with Crippen LogP contribution in [0.5, 0.6) is 0 Å². The van der Waals surface area contributed by atoms with Gasteiger partial charge in [-0.15, -0.1) is 0 Å².